The van der Waals surface area contributed by atoms with Crippen LogP contribution in [-0.2, 0) is 18.4 Å². The maximum Gasteiger partial charge on any atom is 0.295 e. The number of nitrogens with zero attached hydrogens (tertiary/aromatic N) is 4. The minimum Gasteiger partial charge on any atom is -0.493 e. The molecule has 0 fully saturated rings. The molecule has 0 saturated heterocycles. The van der Waals surface area contributed by atoms with Gasteiger partial charge in [0.25, 0.3) is 11.1 Å². The standard InChI is InChI=1S/C25H25N5O5/c1-16-24(25(33)30(28(16)2)18-8-6-5-7-9-18)26-22(31)15-29-23(32)13-11-19(27-29)17-10-12-20(34-3)21(14-17)35-4/h5-14H,15H2,1-4H3,(H,26,31). The molecule has 4 rings (SSSR count). The molecule has 1 N–H and O–H groups in total. The van der Waals surface area contributed by atoms with Crippen molar-refractivity contribution in [2.75, 3.05) is 19.5 Å². The lowest BCUT2D eigenvalue weighted by molar-refractivity contribution is -0.117. The van der Waals surface area contributed by atoms with Gasteiger partial charge in [-0.1, -0.05) is 18.2 Å². The van der Waals surface area contributed by atoms with Gasteiger partial charge in [0.05, 0.1) is 31.3 Å². The molecule has 10 heteroatoms. The van der Waals surface area contributed by atoms with Gasteiger partial charge in [-0.15, -0.1) is 0 Å². The van der Waals surface area contributed by atoms with Crippen LogP contribution in [0, 0.1) is 6.92 Å². The van der Waals surface area contributed by atoms with Crippen LogP contribution in [0.1, 0.15) is 5.69 Å². The number of nitrogens with one attached hydrogen (secondary N) is 1. The molecule has 10 nitrogen and oxygen atoms in total. The van der Waals surface area contributed by atoms with E-state index in [4.69, 9.17) is 9.47 Å². The summed E-state index contributed by atoms with van der Waals surface area (Å²) in [6.45, 7) is 1.37. The number of anilines is 1. The quantitative estimate of drug-likeness (QED) is 0.440. The Bertz CT molecular complexity index is 1500. The fraction of sp³-hybridized carbons (Fsp3) is 0.200. The van der Waals surface area contributed by atoms with Crippen molar-refractivity contribution in [1.29, 1.82) is 0 Å². The van der Waals surface area contributed by atoms with Crippen LogP contribution in [0.15, 0.2) is 70.3 Å². The first-order chi connectivity index (χ1) is 16.8. The number of carbonyl (C=O) groups is 1. The van der Waals surface area contributed by atoms with E-state index >= 15 is 0 Å². The first-order valence-electron chi connectivity index (χ1n) is 10.8. The highest BCUT2D eigenvalue weighted by atomic mass is 16.5. The smallest absolute Gasteiger partial charge is 0.295 e. The van der Waals surface area contributed by atoms with Crippen LogP contribution in [0.4, 0.5) is 5.69 Å². The van der Waals surface area contributed by atoms with Gasteiger partial charge in [-0.05, 0) is 43.3 Å². The third-order valence-electron chi connectivity index (χ3n) is 5.66. The molecule has 4 aromatic rings. The molecular weight excluding hydrogens is 450 g/mol. The van der Waals surface area contributed by atoms with Crippen LogP contribution >= 0.6 is 0 Å². The Morgan fingerprint density at radius 1 is 0.971 bits per heavy atom. The Balaban J connectivity index is 1.60. The zero-order chi connectivity index (χ0) is 25.1. The van der Waals surface area contributed by atoms with Gasteiger partial charge in [0.15, 0.2) is 11.5 Å². The van der Waals surface area contributed by atoms with Gasteiger partial charge in [-0.2, -0.15) is 5.10 Å². The molecule has 0 bridgehead atoms. The summed E-state index contributed by atoms with van der Waals surface area (Å²) < 4.78 is 14.8. The molecule has 0 aliphatic rings. The third kappa shape index (κ3) is 4.58. The van der Waals surface area contributed by atoms with Gasteiger partial charge in [0.2, 0.25) is 5.91 Å². The van der Waals surface area contributed by atoms with Crippen molar-refractivity contribution in [3.05, 3.63) is 87.1 Å². The number of methoxy groups -OCH3 is 2. The van der Waals surface area contributed by atoms with Gasteiger partial charge in [-0.3, -0.25) is 19.1 Å². The summed E-state index contributed by atoms with van der Waals surface area (Å²) in [5.41, 5.74) is 1.73. The maximum atomic E-state index is 13.0. The molecule has 0 saturated carbocycles. The normalized spacial score (nSPS) is 10.7. The molecule has 2 aromatic heterocycles. The molecule has 0 unspecified atom stereocenters. The average Bonchev–Trinajstić information content (AvgIpc) is 3.08. The van der Waals surface area contributed by atoms with Crippen LogP contribution in [0.3, 0.4) is 0 Å². The second kappa shape index (κ2) is 9.72. The van der Waals surface area contributed by atoms with Gasteiger partial charge >= 0.3 is 0 Å². The Hall–Kier alpha value is -4.60. The number of rotatable bonds is 7. The molecule has 180 valence electrons. The Labute approximate surface area is 200 Å². The second-order valence-electron chi connectivity index (χ2n) is 7.77. The lowest BCUT2D eigenvalue weighted by Crippen LogP contribution is -2.30. The predicted octanol–water partition coefficient (Wildman–Crippen LogP) is 2.36. The number of aromatic nitrogens is 4. The topological polar surface area (TPSA) is 109 Å². The van der Waals surface area contributed by atoms with Crippen molar-refractivity contribution in [3.8, 4) is 28.4 Å². The van der Waals surface area contributed by atoms with E-state index in [2.05, 4.69) is 10.4 Å². The molecule has 0 aliphatic heterocycles. The largest absolute Gasteiger partial charge is 0.493 e. The van der Waals surface area contributed by atoms with Crippen LogP contribution in [0.25, 0.3) is 16.9 Å². The van der Waals surface area contributed by atoms with E-state index in [-0.39, 0.29) is 17.8 Å². The molecule has 0 spiro atoms. The highest BCUT2D eigenvalue weighted by Gasteiger charge is 2.19. The van der Waals surface area contributed by atoms with E-state index < -0.39 is 11.5 Å². The van der Waals surface area contributed by atoms with E-state index in [0.29, 0.717) is 34.1 Å². The highest BCUT2D eigenvalue weighted by Crippen LogP contribution is 2.31. The van der Waals surface area contributed by atoms with Gasteiger partial charge in [-0.25, -0.2) is 9.36 Å². The lowest BCUT2D eigenvalue weighted by atomic mass is 10.1. The maximum absolute atomic E-state index is 13.0. The first-order valence-corrected chi connectivity index (χ1v) is 10.8. The van der Waals surface area contributed by atoms with Crippen LogP contribution < -0.4 is 25.9 Å². The van der Waals surface area contributed by atoms with Crippen molar-refractivity contribution in [1.82, 2.24) is 19.1 Å². The van der Waals surface area contributed by atoms with Gasteiger partial charge < -0.3 is 14.8 Å². The molecule has 0 radical (unpaired) electrons. The summed E-state index contributed by atoms with van der Waals surface area (Å²) in [5.74, 6) is 0.523. The van der Waals surface area contributed by atoms with Crippen molar-refractivity contribution in [2.45, 2.75) is 13.5 Å². The molecular formula is C25H25N5O5. The van der Waals surface area contributed by atoms with E-state index in [1.807, 2.05) is 18.2 Å². The van der Waals surface area contributed by atoms with E-state index in [1.165, 1.54) is 25.0 Å². The molecule has 35 heavy (non-hydrogen) atoms. The molecule has 1 amide bonds. The fourth-order valence-corrected chi connectivity index (χ4v) is 3.74. The first kappa shape index (κ1) is 23.6. The van der Waals surface area contributed by atoms with Crippen molar-refractivity contribution < 1.29 is 14.3 Å². The zero-order valence-electron chi connectivity index (χ0n) is 19.8. The molecule has 2 aromatic carbocycles. The summed E-state index contributed by atoms with van der Waals surface area (Å²) in [6, 6.07) is 17.2. The Morgan fingerprint density at radius 2 is 1.69 bits per heavy atom. The minimum absolute atomic E-state index is 0.144. The monoisotopic (exact) mass is 475 g/mol. The minimum atomic E-state index is -0.546. The van der Waals surface area contributed by atoms with Gasteiger partial charge in [0.1, 0.15) is 12.2 Å². The van der Waals surface area contributed by atoms with Crippen LogP contribution in [0.2, 0.25) is 0 Å². The summed E-state index contributed by atoms with van der Waals surface area (Å²) >= 11 is 0. The van der Waals surface area contributed by atoms with Crippen LogP contribution in [0.5, 0.6) is 11.5 Å². The van der Waals surface area contributed by atoms with E-state index in [1.54, 1.807) is 55.1 Å². The number of carbonyl (C=O) groups excluding carboxylic acids is 1. The summed E-state index contributed by atoms with van der Waals surface area (Å²) in [7, 11) is 4.80. The number of ether oxygens (including phenoxy) is 2. The third-order valence-corrected chi connectivity index (χ3v) is 5.66. The van der Waals surface area contributed by atoms with Crippen molar-refractivity contribution in [3.63, 3.8) is 0 Å². The summed E-state index contributed by atoms with van der Waals surface area (Å²) in [4.78, 5) is 38.3. The SMILES string of the molecule is COc1ccc(-c2ccc(=O)n(CC(=O)Nc3c(C)n(C)n(-c4ccccc4)c3=O)n2)cc1OC. The Kier molecular flexibility index (Phi) is 6.54. The van der Waals surface area contributed by atoms with Crippen LogP contribution in [-0.4, -0.2) is 39.3 Å². The second-order valence-corrected chi connectivity index (χ2v) is 7.77. The summed E-state index contributed by atoms with van der Waals surface area (Å²) in [6.07, 6.45) is 0. The lowest BCUT2D eigenvalue weighted by Gasteiger charge is -2.11. The van der Waals surface area contributed by atoms with Crippen molar-refractivity contribution >= 4 is 11.6 Å². The van der Waals surface area contributed by atoms with Gasteiger partial charge in [0, 0.05) is 18.7 Å². The van der Waals surface area contributed by atoms with Crippen molar-refractivity contribution in [2.24, 2.45) is 7.05 Å². The van der Waals surface area contributed by atoms with E-state index in [0.717, 1.165) is 4.68 Å². The number of benzene rings is 2. The molecule has 0 aliphatic carbocycles. The molecule has 0 atom stereocenters. The zero-order valence-corrected chi connectivity index (χ0v) is 19.8. The predicted molar refractivity (Wildman–Crippen MR) is 131 cm³/mol. The summed E-state index contributed by atoms with van der Waals surface area (Å²) in [5, 5.41) is 6.98. The Morgan fingerprint density at radius 3 is 2.37 bits per heavy atom. The number of para-hydroxylation sites is 1. The average molecular weight is 476 g/mol. The number of hydrogen-bond acceptors (Lipinski definition) is 6. The van der Waals surface area contributed by atoms with E-state index in [9.17, 15) is 14.4 Å². The number of amides is 1. The molecule has 2 heterocycles. The number of hydrogen-bond donors (Lipinski definition) is 1. The fourth-order valence-electron chi connectivity index (χ4n) is 3.74. The highest BCUT2D eigenvalue weighted by molar-refractivity contribution is 5.91.